The average Bonchev–Trinajstić information content (AvgIpc) is 2.74. The zero-order valence-corrected chi connectivity index (χ0v) is 9.52. The van der Waals surface area contributed by atoms with Gasteiger partial charge < -0.3 is 5.32 Å². The smallest absolute Gasteiger partial charge is 0.0489 e. The van der Waals surface area contributed by atoms with Gasteiger partial charge in [0.2, 0.25) is 0 Å². The summed E-state index contributed by atoms with van der Waals surface area (Å²) in [6.45, 7) is 7.99. The number of aryl methyl sites for hydroxylation is 1. The molecule has 0 radical (unpaired) electrons. The molecule has 0 aromatic carbocycles. The van der Waals surface area contributed by atoms with Gasteiger partial charge in [-0.1, -0.05) is 6.08 Å². The number of nitrogens with zero attached hydrogens (tertiary/aromatic N) is 2. The molecule has 0 saturated carbocycles. The molecule has 3 nitrogen and oxygen atoms in total. The Morgan fingerprint density at radius 3 is 3.13 bits per heavy atom. The molecule has 1 rings (SSSR count). The SMILES string of the molecule is C=CCCC(C)NCCCn1cccn1. The quantitative estimate of drug-likeness (QED) is 0.523. The van der Waals surface area contributed by atoms with E-state index < -0.39 is 0 Å². The predicted molar refractivity (Wildman–Crippen MR) is 63.7 cm³/mol. The molecule has 3 heteroatoms. The topological polar surface area (TPSA) is 29.9 Å². The summed E-state index contributed by atoms with van der Waals surface area (Å²) in [7, 11) is 0. The van der Waals surface area contributed by atoms with Gasteiger partial charge in [-0.3, -0.25) is 4.68 Å². The zero-order valence-electron chi connectivity index (χ0n) is 9.52. The van der Waals surface area contributed by atoms with Crippen LogP contribution in [0.3, 0.4) is 0 Å². The molecule has 0 saturated heterocycles. The molecule has 15 heavy (non-hydrogen) atoms. The summed E-state index contributed by atoms with van der Waals surface area (Å²) in [6, 6.07) is 2.54. The summed E-state index contributed by atoms with van der Waals surface area (Å²) in [5.74, 6) is 0. The Labute approximate surface area is 92.2 Å². The van der Waals surface area contributed by atoms with Crippen molar-refractivity contribution in [2.75, 3.05) is 6.54 Å². The second kappa shape index (κ2) is 7.23. The standard InChI is InChI=1S/C12H21N3/c1-3-4-7-12(2)13-8-5-10-15-11-6-9-14-15/h3,6,9,11-13H,1,4-5,7-8,10H2,2H3. The first-order chi connectivity index (χ1) is 7.33. The monoisotopic (exact) mass is 207 g/mol. The van der Waals surface area contributed by atoms with Crippen LogP contribution >= 0.6 is 0 Å². The maximum absolute atomic E-state index is 4.16. The highest BCUT2D eigenvalue weighted by molar-refractivity contribution is 4.77. The van der Waals surface area contributed by atoms with E-state index in [9.17, 15) is 0 Å². The normalized spacial score (nSPS) is 12.6. The molecule has 1 aromatic heterocycles. The summed E-state index contributed by atoms with van der Waals surface area (Å²) >= 11 is 0. The summed E-state index contributed by atoms with van der Waals surface area (Å²) in [6.07, 6.45) is 9.18. The highest BCUT2D eigenvalue weighted by Gasteiger charge is 1.98. The van der Waals surface area contributed by atoms with E-state index in [0.29, 0.717) is 6.04 Å². The molecule has 0 amide bonds. The van der Waals surface area contributed by atoms with Crippen LogP contribution in [0.15, 0.2) is 31.1 Å². The van der Waals surface area contributed by atoms with Crippen molar-refractivity contribution in [2.24, 2.45) is 0 Å². The third-order valence-electron chi connectivity index (χ3n) is 2.42. The van der Waals surface area contributed by atoms with Gasteiger partial charge >= 0.3 is 0 Å². The van der Waals surface area contributed by atoms with Gasteiger partial charge in [-0.15, -0.1) is 6.58 Å². The molecule has 84 valence electrons. The predicted octanol–water partition coefficient (Wildman–Crippen LogP) is 2.22. The van der Waals surface area contributed by atoms with Gasteiger partial charge in [0.15, 0.2) is 0 Å². The maximum Gasteiger partial charge on any atom is 0.0489 e. The first-order valence-corrected chi connectivity index (χ1v) is 5.64. The molecule has 1 heterocycles. The highest BCUT2D eigenvalue weighted by atomic mass is 15.3. The lowest BCUT2D eigenvalue weighted by Crippen LogP contribution is -2.27. The van der Waals surface area contributed by atoms with Gasteiger partial charge in [-0.2, -0.15) is 5.10 Å². The minimum Gasteiger partial charge on any atom is -0.314 e. The van der Waals surface area contributed by atoms with E-state index in [2.05, 4.69) is 23.9 Å². The lowest BCUT2D eigenvalue weighted by Gasteiger charge is -2.12. The minimum absolute atomic E-state index is 0.584. The molecular weight excluding hydrogens is 186 g/mol. The third kappa shape index (κ3) is 5.37. The van der Waals surface area contributed by atoms with Gasteiger partial charge in [-0.05, 0) is 38.8 Å². The van der Waals surface area contributed by atoms with Gasteiger partial charge in [0.1, 0.15) is 0 Å². The molecular formula is C12H21N3. The number of aromatic nitrogens is 2. The van der Waals surface area contributed by atoms with Crippen molar-refractivity contribution in [3.63, 3.8) is 0 Å². The van der Waals surface area contributed by atoms with Crippen LogP contribution in [0.2, 0.25) is 0 Å². The fourth-order valence-corrected chi connectivity index (χ4v) is 1.49. The molecule has 1 N–H and O–H groups in total. The van der Waals surface area contributed by atoms with Crippen molar-refractivity contribution in [3.8, 4) is 0 Å². The second-order valence-electron chi connectivity index (χ2n) is 3.84. The van der Waals surface area contributed by atoms with E-state index in [4.69, 9.17) is 0 Å². The molecule has 1 unspecified atom stereocenters. The van der Waals surface area contributed by atoms with Gasteiger partial charge in [0.25, 0.3) is 0 Å². The van der Waals surface area contributed by atoms with Crippen molar-refractivity contribution in [1.82, 2.24) is 15.1 Å². The molecule has 0 aliphatic rings. The summed E-state index contributed by atoms with van der Waals surface area (Å²) in [5, 5.41) is 7.65. The van der Waals surface area contributed by atoms with Crippen molar-refractivity contribution >= 4 is 0 Å². The molecule has 0 aliphatic carbocycles. The number of rotatable bonds is 8. The largest absolute Gasteiger partial charge is 0.314 e. The van der Waals surface area contributed by atoms with Crippen molar-refractivity contribution < 1.29 is 0 Å². The van der Waals surface area contributed by atoms with Crippen LogP contribution in [0, 0.1) is 0 Å². The Morgan fingerprint density at radius 1 is 1.60 bits per heavy atom. The van der Waals surface area contributed by atoms with Crippen LogP contribution in [-0.2, 0) is 6.54 Å². The van der Waals surface area contributed by atoms with Crippen molar-refractivity contribution in [3.05, 3.63) is 31.1 Å². The molecule has 0 bridgehead atoms. The molecule has 1 aromatic rings. The summed E-state index contributed by atoms with van der Waals surface area (Å²) < 4.78 is 1.97. The second-order valence-corrected chi connectivity index (χ2v) is 3.84. The Kier molecular flexibility index (Phi) is 5.78. The minimum atomic E-state index is 0.584. The molecule has 0 aliphatic heterocycles. The van der Waals surface area contributed by atoms with E-state index in [1.54, 1.807) is 0 Å². The van der Waals surface area contributed by atoms with Crippen LogP contribution in [-0.4, -0.2) is 22.4 Å². The Hall–Kier alpha value is -1.09. The maximum atomic E-state index is 4.16. The fraction of sp³-hybridized carbons (Fsp3) is 0.583. The van der Waals surface area contributed by atoms with Crippen LogP contribution in [0.1, 0.15) is 26.2 Å². The van der Waals surface area contributed by atoms with E-state index in [0.717, 1.165) is 25.9 Å². The third-order valence-corrected chi connectivity index (χ3v) is 2.42. The summed E-state index contributed by atoms with van der Waals surface area (Å²) in [5.41, 5.74) is 0. The van der Waals surface area contributed by atoms with Crippen LogP contribution in [0.4, 0.5) is 0 Å². The van der Waals surface area contributed by atoms with Crippen LogP contribution < -0.4 is 5.32 Å². The van der Waals surface area contributed by atoms with Gasteiger partial charge in [0, 0.05) is 25.0 Å². The number of hydrogen-bond donors (Lipinski definition) is 1. The fourth-order valence-electron chi connectivity index (χ4n) is 1.49. The Morgan fingerprint density at radius 2 is 2.47 bits per heavy atom. The lowest BCUT2D eigenvalue weighted by molar-refractivity contribution is 0.480. The van der Waals surface area contributed by atoms with Gasteiger partial charge in [0.05, 0.1) is 0 Å². The van der Waals surface area contributed by atoms with E-state index in [1.807, 2.05) is 29.2 Å². The van der Waals surface area contributed by atoms with Crippen molar-refractivity contribution in [1.29, 1.82) is 0 Å². The highest BCUT2D eigenvalue weighted by Crippen LogP contribution is 1.96. The molecule has 0 spiro atoms. The number of hydrogen-bond acceptors (Lipinski definition) is 2. The first-order valence-electron chi connectivity index (χ1n) is 5.64. The number of nitrogens with one attached hydrogen (secondary N) is 1. The van der Waals surface area contributed by atoms with E-state index >= 15 is 0 Å². The zero-order chi connectivity index (χ0) is 10.9. The lowest BCUT2D eigenvalue weighted by atomic mass is 10.2. The summed E-state index contributed by atoms with van der Waals surface area (Å²) in [4.78, 5) is 0. The van der Waals surface area contributed by atoms with Gasteiger partial charge in [-0.25, -0.2) is 0 Å². The van der Waals surface area contributed by atoms with Crippen molar-refractivity contribution in [2.45, 2.75) is 38.8 Å². The van der Waals surface area contributed by atoms with E-state index in [1.165, 1.54) is 6.42 Å². The number of allylic oxidation sites excluding steroid dienone is 1. The average molecular weight is 207 g/mol. The van der Waals surface area contributed by atoms with Crippen LogP contribution in [0.5, 0.6) is 0 Å². The first kappa shape index (κ1) is 12.0. The molecule has 1 atom stereocenters. The van der Waals surface area contributed by atoms with Crippen LogP contribution in [0.25, 0.3) is 0 Å². The van der Waals surface area contributed by atoms with E-state index in [-0.39, 0.29) is 0 Å². The Balaban J connectivity index is 1.99. The Bertz CT molecular complexity index is 254. The molecule has 0 fully saturated rings.